The van der Waals surface area contributed by atoms with Crippen LogP contribution in [-0.2, 0) is 4.79 Å². The van der Waals surface area contributed by atoms with E-state index in [4.69, 9.17) is 11.6 Å². The van der Waals surface area contributed by atoms with Crippen molar-refractivity contribution in [1.82, 2.24) is 5.32 Å². The molecule has 1 aliphatic rings. The summed E-state index contributed by atoms with van der Waals surface area (Å²) >= 11 is 5.79. The normalized spacial score (nSPS) is 19.8. The molecule has 2 nitrogen and oxygen atoms in total. The molecule has 0 saturated heterocycles. The van der Waals surface area contributed by atoms with E-state index in [1.807, 2.05) is 13.8 Å². The topological polar surface area (TPSA) is 29.1 Å². The Bertz CT molecular complexity index is 244. The van der Waals surface area contributed by atoms with Crippen molar-refractivity contribution in [3.05, 3.63) is 0 Å². The first kappa shape index (κ1) is 13.8. The number of carbonyl (C=O) groups is 1. The minimum absolute atomic E-state index is 0.0854. The Kier molecular flexibility index (Phi) is 4.66. The summed E-state index contributed by atoms with van der Waals surface area (Å²) in [6.45, 7) is 6.83. The summed E-state index contributed by atoms with van der Waals surface area (Å²) in [6.07, 6.45) is 6.29. The Morgan fingerprint density at radius 3 is 2.38 bits per heavy atom. The third-order valence-electron chi connectivity index (χ3n) is 3.99. The highest BCUT2D eigenvalue weighted by Gasteiger charge is 2.34. The van der Waals surface area contributed by atoms with Crippen LogP contribution in [-0.4, -0.2) is 18.3 Å². The number of amides is 1. The maximum absolute atomic E-state index is 11.9. The molecule has 0 aromatic carbocycles. The van der Waals surface area contributed by atoms with Crippen LogP contribution in [0.1, 0.15) is 52.9 Å². The summed E-state index contributed by atoms with van der Waals surface area (Å²) in [6, 6.07) is 0. The minimum Gasteiger partial charge on any atom is -0.355 e. The molecule has 0 aromatic heterocycles. The zero-order valence-electron chi connectivity index (χ0n) is 10.7. The molecular formula is C13H24ClNO. The molecule has 1 rings (SSSR count). The van der Waals surface area contributed by atoms with Crippen molar-refractivity contribution in [2.75, 3.05) is 12.4 Å². The molecule has 1 saturated carbocycles. The van der Waals surface area contributed by atoms with Gasteiger partial charge in [-0.2, -0.15) is 0 Å². The predicted molar refractivity (Wildman–Crippen MR) is 68.7 cm³/mol. The van der Waals surface area contributed by atoms with E-state index in [0.29, 0.717) is 11.3 Å². The van der Waals surface area contributed by atoms with Crippen LogP contribution in [0.5, 0.6) is 0 Å². The number of nitrogens with one attached hydrogen (secondary N) is 1. The average Bonchev–Trinajstić information content (AvgIpc) is 2.75. The molecule has 1 N–H and O–H groups in total. The molecule has 0 aliphatic heterocycles. The lowest BCUT2D eigenvalue weighted by molar-refractivity contribution is -0.128. The van der Waals surface area contributed by atoms with Crippen LogP contribution < -0.4 is 5.32 Å². The third kappa shape index (κ3) is 3.13. The Morgan fingerprint density at radius 2 is 1.94 bits per heavy atom. The molecule has 1 fully saturated rings. The zero-order valence-corrected chi connectivity index (χ0v) is 11.5. The van der Waals surface area contributed by atoms with E-state index in [-0.39, 0.29) is 5.91 Å². The molecule has 0 bridgehead atoms. The lowest BCUT2D eigenvalue weighted by Crippen LogP contribution is -2.43. The highest BCUT2D eigenvalue weighted by Crippen LogP contribution is 2.40. The Balaban J connectivity index is 2.47. The smallest absolute Gasteiger partial charge is 0.226 e. The van der Waals surface area contributed by atoms with Crippen LogP contribution in [0.25, 0.3) is 0 Å². The van der Waals surface area contributed by atoms with Gasteiger partial charge in [0, 0.05) is 12.4 Å². The molecule has 0 spiro atoms. The van der Waals surface area contributed by atoms with Crippen molar-refractivity contribution in [3.63, 3.8) is 0 Å². The molecule has 1 aliphatic carbocycles. The maximum atomic E-state index is 11.9. The molecule has 0 atom stereocenters. The summed E-state index contributed by atoms with van der Waals surface area (Å²) in [5, 5.41) is 3.08. The van der Waals surface area contributed by atoms with Crippen LogP contribution in [0.3, 0.4) is 0 Å². The van der Waals surface area contributed by atoms with Gasteiger partial charge in [-0.15, -0.1) is 11.6 Å². The van der Waals surface area contributed by atoms with E-state index in [0.717, 1.165) is 13.0 Å². The third-order valence-corrected chi connectivity index (χ3v) is 4.66. The number of halogens is 1. The van der Waals surface area contributed by atoms with Gasteiger partial charge >= 0.3 is 0 Å². The van der Waals surface area contributed by atoms with Gasteiger partial charge in [0.2, 0.25) is 5.91 Å². The fourth-order valence-electron chi connectivity index (χ4n) is 2.35. The minimum atomic E-state index is -0.449. The molecule has 94 valence electrons. The summed E-state index contributed by atoms with van der Waals surface area (Å²) in [5.41, 5.74) is -0.0901. The van der Waals surface area contributed by atoms with Gasteiger partial charge in [-0.1, -0.05) is 19.8 Å². The number of rotatable bonds is 5. The van der Waals surface area contributed by atoms with Gasteiger partial charge in [0.05, 0.1) is 5.41 Å². The SMILES string of the molecule is CCC1(CNC(=O)C(C)(C)CCl)CCCC1. The monoisotopic (exact) mass is 245 g/mol. The first-order valence-corrected chi connectivity index (χ1v) is 6.83. The second-order valence-electron chi connectivity index (χ2n) is 5.76. The summed E-state index contributed by atoms with van der Waals surface area (Å²) < 4.78 is 0. The quantitative estimate of drug-likeness (QED) is 0.740. The van der Waals surface area contributed by atoms with Crippen molar-refractivity contribution in [2.45, 2.75) is 52.9 Å². The van der Waals surface area contributed by atoms with E-state index in [2.05, 4.69) is 12.2 Å². The van der Waals surface area contributed by atoms with Crippen LogP contribution >= 0.6 is 11.6 Å². The molecule has 0 radical (unpaired) electrons. The molecular weight excluding hydrogens is 222 g/mol. The van der Waals surface area contributed by atoms with Gasteiger partial charge in [-0.3, -0.25) is 4.79 Å². The second-order valence-corrected chi connectivity index (χ2v) is 6.03. The molecule has 1 amide bonds. The highest BCUT2D eigenvalue weighted by molar-refractivity contribution is 6.19. The van der Waals surface area contributed by atoms with E-state index in [1.54, 1.807) is 0 Å². The van der Waals surface area contributed by atoms with Crippen molar-refractivity contribution in [3.8, 4) is 0 Å². The van der Waals surface area contributed by atoms with Crippen molar-refractivity contribution >= 4 is 17.5 Å². The molecule has 0 heterocycles. The second kappa shape index (κ2) is 5.39. The lowest BCUT2D eigenvalue weighted by Gasteiger charge is -2.30. The van der Waals surface area contributed by atoms with Crippen molar-refractivity contribution in [1.29, 1.82) is 0 Å². The van der Waals surface area contributed by atoms with Gasteiger partial charge in [0.1, 0.15) is 0 Å². The zero-order chi connectivity index (χ0) is 12.2. The Morgan fingerprint density at radius 1 is 1.38 bits per heavy atom. The highest BCUT2D eigenvalue weighted by atomic mass is 35.5. The predicted octanol–water partition coefficient (Wildman–Crippen LogP) is 3.34. The van der Waals surface area contributed by atoms with Gasteiger partial charge in [-0.05, 0) is 38.5 Å². The number of carbonyl (C=O) groups excluding carboxylic acids is 1. The van der Waals surface area contributed by atoms with Gasteiger partial charge in [0.25, 0.3) is 0 Å². The summed E-state index contributed by atoms with van der Waals surface area (Å²) in [5.74, 6) is 0.458. The van der Waals surface area contributed by atoms with E-state index in [9.17, 15) is 4.79 Å². The molecule has 0 unspecified atom stereocenters. The first-order valence-electron chi connectivity index (χ1n) is 6.30. The van der Waals surface area contributed by atoms with E-state index >= 15 is 0 Å². The average molecular weight is 246 g/mol. The van der Waals surface area contributed by atoms with Crippen LogP contribution in [0.2, 0.25) is 0 Å². The van der Waals surface area contributed by atoms with Crippen LogP contribution in [0.4, 0.5) is 0 Å². The van der Waals surface area contributed by atoms with Crippen LogP contribution in [0.15, 0.2) is 0 Å². The van der Waals surface area contributed by atoms with Gasteiger partial charge in [0.15, 0.2) is 0 Å². The van der Waals surface area contributed by atoms with Crippen molar-refractivity contribution in [2.24, 2.45) is 10.8 Å². The van der Waals surface area contributed by atoms with E-state index < -0.39 is 5.41 Å². The lowest BCUT2D eigenvalue weighted by atomic mass is 9.83. The number of alkyl halides is 1. The van der Waals surface area contributed by atoms with Gasteiger partial charge in [-0.25, -0.2) is 0 Å². The molecule has 0 aromatic rings. The standard InChI is InChI=1S/C13H24ClNO/c1-4-13(7-5-6-8-13)10-15-11(16)12(2,3)9-14/h4-10H2,1-3H3,(H,15,16). The Labute approximate surface area is 104 Å². The van der Waals surface area contributed by atoms with Gasteiger partial charge < -0.3 is 5.32 Å². The van der Waals surface area contributed by atoms with E-state index in [1.165, 1.54) is 25.7 Å². The maximum Gasteiger partial charge on any atom is 0.226 e. The largest absolute Gasteiger partial charge is 0.355 e. The summed E-state index contributed by atoms with van der Waals surface area (Å²) in [4.78, 5) is 11.9. The fourth-order valence-corrected chi connectivity index (χ4v) is 2.47. The summed E-state index contributed by atoms with van der Waals surface area (Å²) in [7, 11) is 0. The fraction of sp³-hybridized carbons (Fsp3) is 0.923. The number of hydrogen-bond acceptors (Lipinski definition) is 1. The number of hydrogen-bond donors (Lipinski definition) is 1. The van der Waals surface area contributed by atoms with Crippen molar-refractivity contribution < 1.29 is 4.79 Å². The Hall–Kier alpha value is -0.240. The van der Waals surface area contributed by atoms with Crippen LogP contribution in [0, 0.1) is 10.8 Å². The molecule has 3 heteroatoms. The molecule has 16 heavy (non-hydrogen) atoms. The first-order chi connectivity index (χ1) is 7.46.